The number of carbonyl (C=O) groups excluding carboxylic acids is 2. The number of amides is 2. The highest BCUT2D eigenvalue weighted by Crippen LogP contribution is 2.46. The topological polar surface area (TPSA) is 90.7 Å². The number of hydrogen-bond acceptors (Lipinski definition) is 4. The van der Waals surface area contributed by atoms with Crippen molar-refractivity contribution in [2.75, 3.05) is 6.54 Å². The molecule has 34 heavy (non-hydrogen) atoms. The van der Waals surface area contributed by atoms with Gasteiger partial charge in [-0.2, -0.15) is 0 Å². The van der Waals surface area contributed by atoms with E-state index in [0.717, 1.165) is 50.5 Å². The summed E-state index contributed by atoms with van der Waals surface area (Å²) >= 11 is 0. The van der Waals surface area contributed by atoms with Gasteiger partial charge in [0.05, 0.1) is 0 Å². The Labute approximate surface area is 206 Å². The zero-order chi connectivity index (χ0) is 25.2. The molecule has 0 radical (unpaired) electrons. The molecule has 3 N–H and O–H groups in total. The maximum Gasteiger partial charge on any atom is 0.412 e. The van der Waals surface area contributed by atoms with Crippen LogP contribution in [-0.4, -0.2) is 24.8 Å². The molecule has 0 saturated heterocycles. The molecular weight excluding hydrogens is 428 g/mol. The molecule has 2 atom stereocenters. The molecular formula is C28H46N2O4. The third-order valence-electron chi connectivity index (χ3n) is 6.79. The molecule has 0 heterocycles. The van der Waals surface area contributed by atoms with Crippen LogP contribution >= 0.6 is 0 Å². The average Bonchev–Trinajstić information content (AvgIpc) is 2.72. The van der Waals surface area contributed by atoms with Gasteiger partial charge in [0.2, 0.25) is 0 Å². The van der Waals surface area contributed by atoms with Crippen LogP contribution in [0.3, 0.4) is 0 Å². The maximum absolute atomic E-state index is 12.8. The number of benzene rings is 1. The summed E-state index contributed by atoms with van der Waals surface area (Å²) in [5, 5.41) is 2.97. The predicted molar refractivity (Wildman–Crippen MR) is 137 cm³/mol. The molecule has 1 fully saturated rings. The second-order valence-electron chi connectivity index (χ2n) is 11.2. The fourth-order valence-corrected chi connectivity index (χ4v) is 5.57. The van der Waals surface area contributed by atoms with Crippen LogP contribution < -0.4 is 15.8 Å². The standard InChI is InChI=1S/C28H46N2O4/c1-6-8-10-12-21-14-15-24(22(16-21)13-11-9-7-2)34-26(32)30-20-28(5)18-23(33-25(29)31)17-27(3,4)19-28/h14-16,23H,6-13,17-20H2,1-5H3,(H2,29,31)(H,30,32). The van der Waals surface area contributed by atoms with Gasteiger partial charge in [0, 0.05) is 6.54 Å². The highest BCUT2D eigenvalue weighted by Gasteiger charge is 2.42. The first-order valence-corrected chi connectivity index (χ1v) is 13.1. The largest absolute Gasteiger partial charge is 0.446 e. The normalized spacial score (nSPS) is 21.6. The first-order valence-electron chi connectivity index (χ1n) is 13.1. The minimum atomic E-state index is -0.744. The molecule has 6 nitrogen and oxygen atoms in total. The van der Waals surface area contributed by atoms with Gasteiger partial charge in [0.25, 0.3) is 0 Å². The first kappa shape index (κ1) is 28.0. The minimum absolute atomic E-state index is 0.0151. The molecule has 1 aromatic carbocycles. The number of nitrogens with one attached hydrogen (secondary N) is 1. The van der Waals surface area contributed by atoms with Crippen molar-refractivity contribution in [1.82, 2.24) is 5.32 Å². The van der Waals surface area contributed by atoms with Crippen molar-refractivity contribution in [1.29, 1.82) is 0 Å². The predicted octanol–water partition coefficient (Wildman–Crippen LogP) is 6.92. The first-order chi connectivity index (χ1) is 16.1. The van der Waals surface area contributed by atoms with Gasteiger partial charge in [-0.25, -0.2) is 9.59 Å². The lowest BCUT2D eigenvalue weighted by molar-refractivity contribution is -0.0163. The summed E-state index contributed by atoms with van der Waals surface area (Å²) in [6.45, 7) is 11.3. The van der Waals surface area contributed by atoms with E-state index in [1.54, 1.807) is 0 Å². The number of rotatable bonds is 12. The van der Waals surface area contributed by atoms with Crippen LogP contribution in [0.15, 0.2) is 18.2 Å². The summed E-state index contributed by atoms with van der Waals surface area (Å²) in [6.07, 6.45) is 9.90. The van der Waals surface area contributed by atoms with E-state index >= 15 is 0 Å². The molecule has 1 aliphatic rings. The van der Waals surface area contributed by atoms with E-state index in [1.165, 1.54) is 24.8 Å². The van der Waals surface area contributed by atoms with Crippen LogP contribution in [0, 0.1) is 10.8 Å². The van der Waals surface area contributed by atoms with Gasteiger partial charge in [0.15, 0.2) is 0 Å². The van der Waals surface area contributed by atoms with Crippen molar-refractivity contribution in [3.63, 3.8) is 0 Å². The Morgan fingerprint density at radius 3 is 2.35 bits per heavy atom. The molecule has 1 aromatic rings. The van der Waals surface area contributed by atoms with Crippen molar-refractivity contribution in [2.45, 2.75) is 111 Å². The number of unbranched alkanes of at least 4 members (excludes halogenated alkanes) is 4. The second-order valence-corrected chi connectivity index (χ2v) is 11.2. The number of hydrogen-bond donors (Lipinski definition) is 2. The van der Waals surface area contributed by atoms with E-state index in [4.69, 9.17) is 15.2 Å². The fraction of sp³-hybridized carbons (Fsp3) is 0.714. The smallest absolute Gasteiger partial charge is 0.412 e. The van der Waals surface area contributed by atoms with Crippen LogP contribution in [0.5, 0.6) is 5.75 Å². The Morgan fingerprint density at radius 1 is 1.03 bits per heavy atom. The van der Waals surface area contributed by atoms with Gasteiger partial charge >= 0.3 is 12.2 Å². The van der Waals surface area contributed by atoms with Crippen molar-refractivity contribution in [2.24, 2.45) is 16.6 Å². The lowest BCUT2D eigenvalue weighted by Gasteiger charge is -2.45. The van der Waals surface area contributed by atoms with Crippen LogP contribution in [-0.2, 0) is 17.6 Å². The number of primary amides is 1. The highest BCUT2D eigenvalue weighted by atomic mass is 16.6. The van der Waals surface area contributed by atoms with Gasteiger partial charge in [-0.1, -0.05) is 72.4 Å². The number of carbonyl (C=O) groups is 2. The van der Waals surface area contributed by atoms with Crippen LogP contribution in [0.25, 0.3) is 0 Å². The van der Waals surface area contributed by atoms with Crippen molar-refractivity contribution < 1.29 is 19.1 Å². The van der Waals surface area contributed by atoms with E-state index in [9.17, 15) is 9.59 Å². The monoisotopic (exact) mass is 474 g/mol. The van der Waals surface area contributed by atoms with E-state index in [-0.39, 0.29) is 16.9 Å². The molecule has 2 amide bonds. The van der Waals surface area contributed by atoms with Crippen LogP contribution in [0.2, 0.25) is 0 Å². The van der Waals surface area contributed by atoms with Crippen molar-refractivity contribution in [3.05, 3.63) is 29.3 Å². The summed E-state index contributed by atoms with van der Waals surface area (Å²) in [5.74, 6) is 0.650. The summed E-state index contributed by atoms with van der Waals surface area (Å²) in [5.41, 5.74) is 7.45. The molecule has 192 valence electrons. The lowest BCUT2D eigenvalue weighted by Crippen LogP contribution is -2.47. The Kier molecular flexibility index (Phi) is 10.7. The van der Waals surface area contributed by atoms with Crippen LogP contribution in [0.4, 0.5) is 9.59 Å². The van der Waals surface area contributed by atoms with Crippen molar-refractivity contribution >= 4 is 12.2 Å². The van der Waals surface area contributed by atoms with E-state index in [2.05, 4.69) is 52.1 Å². The Bertz CT molecular complexity index is 808. The molecule has 0 aromatic heterocycles. The summed E-state index contributed by atoms with van der Waals surface area (Å²) in [7, 11) is 0. The third-order valence-corrected chi connectivity index (χ3v) is 6.79. The molecule has 0 bridgehead atoms. The van der Waals surface area contributed by atoms with Gasteiger partial charge in [-0.05, 0) is 73.0 Å². The van der Waals surface area contributed by atoms with Crippen molar-refractivity contribution in [3.8, 4) is 5.75 Å². The molecule has 2 unspecified atom stereocenters. The number of aryl methyl sites for hydroxylation is 2. The maximum atomic E-state index is 12.8. The summed E-state index contributed by atoms with van der Waals surface area (Å²) < 4.78 is 11.1. The lowest BCUT2D eigenvalue weighted by atomic mass is 9.63. The molecule has 2 rings (SSSR count). The summed E-state index contributed by atoms with van der Waals surface area (Å²) in [6, 6.07) is 6.24. The quantitative estimate of drug-likeness (QED) is 0.322. The highest BCUT2D eigenvalue weighted by molar-refractivity contribution is 5.71. The van der Waals surface area contributed by atoms with Crippen LogP contribution in [0.1, 0.15) is 104 Å². The third kappa shape index (κ3) is 9.55. The average molecular weight is 475 g/mol. The van der Waals surface area contributed by atoms with E-state index < -0.39 is 12.2 Å². The van der Waals surface area contributed by atoms with Gasteiger partial charge in [-0.15, -0.1) is 0 Å². The van der Waals surface area contributed by atoms with E-state index in [0.29, 0.717) is 18.7 Å². The fourth-order valence-electron chi connectivity index (χ4n) is 5.57. The van der Waals surface area contributed by atoms with Gasteiger partial charge < -0.3 is 20.5 Å². The van der Waals surface area contributed by atoms with Gasteiger partial charge in [-0.3, -0.25) is 0 Å². The zero-order valence-electron chi connectivity index (χ0n) is 22.0. The Balaban J connectivity index is 2.02. The Morgan fingerprint density at radius 2 is 1.71 bits per heavy atom. The van der Waals surface area contributed by atoms with E-state index in [1.807, 2.05) is 6.07 Å². The molecule has 0 aliphatic heterocycles. The number of nitrogens with two attached hydrogens (primary N) is 1. The second kappa shape index (κ2) is 13.0. The molecule has 6 heteroatoms. The zero-order valence-corrected chi connectivity index (χ0v) is 22.0. The summed E-state index contributed by atoms with van der Waals surface area (Å²) in [4.78, 5) is 24.1. The molecule has 1 saturated carbocycles. The molecule has 1 aliphatic carbocycles. The molecule has 0 spiro atoms. The SMILES string of the molecule is CCCCCc1ccc(OC(=O)NCC2(C)CC(OC(N)=O)CC(C)(C)C2)c(CCCCC)c1. The Hall–Kier alpha value is -2.24. The number of ether oxygens (including phenoxy) is 2. The van der Waals surface area contributed by atoms with Gasteiger partial charge in [0.1, 0.15) is 11.9 Å². The minimum Gasteiger partial charge on any atom is -0.446 e.